The van der Waals surface area contributed by atoms with Crippen molar-refractivity contribution in [2.45, 2.75) is 45.4 Å². The molecule has 0 unspecified atom stereocenters. The third-order valence-electron chi connectivity index (χ3n) is 5.35. The van der Waals surface area contributed by atoms with Crippen LogP contribution in [-0.2, 0) is 15.9 Å². The van der Waals surface area contributed by atoms with Gasteiger partial charge in [0, 0.05) is 18.3 Å². The van der Waals surface area contributed by atoms with E-state index in [2.05, 4.69) is 15.5 Å². The number of aromatic nitrogens is 3. The molecule has 3 heterocycles. The van der Waals surface area contributed by atoms with Gasteiger partial charge >= 0.3 is 7.12 Å². The molecular weight excluding hydrogens is 346 g/mol. The summed E-state index contributed by atoms with van der Waals surface area (Å²) in [5, 5.41) is 11.3. The van der Waals surface area contributed by atoms with Gasteiger partial charge in [-0.3, -0.25) is 4.40 Å². The van der Waals surface area contributed by atoms with Gasteiger partial charge in [-0.25, -0.2) is 4.39 Å². The Hall–Kier alpha value is -2.45. The highest BCUT2D eigenvalue weighted by Gasteiger charge is 2.51. The van der Waals surface area contributed by atoms with Gasteiger partial charge in [-0.05, 0) is 51.4 Å². The summed E-state index contributed by atoms with van der Waals surface area (Å²) in [5.74, 6) is 0.253. The number of fused-ring (bicyclic) bond motifs is 1. The molecule has 1 aromatic carbocycles. The molecule has 1 aliphatic heterocycles. The summed E-state index contributed by atoms with van der Waals surface area (Å²) in [4.78, 5) is 0. The number of hydrogen-bond acceptors (Lipinski definition) is 5. The highest BCUT2D eigenvalue weighted by Crippen LogP contribution is 2.36. The van der Waals surface area contributed by atoms with E-state index < -0.39 is 18.3 Å². The van der Waals surface area contributed by atoms with Gasteiger partial charge in [-0.15, -0.1) is 10.2 Å². The standard InChI is InChI=1S/C19H22BFN4O2/c1-18(2)19(3,4)27-20(26-18)14-9-8-13(15(21)11-14)12-22-17-24-23-16-7-5-6-10-25(16)17/h5-11H,12H2,1-4H3,(H,22,24). The van der Waals surface area contributed by atoms with Crippen molar-refractivity contribution in [3.8, 4) is 0 Å². The molecular formula is C19H22BFN4O2. The molecule has 1 aliphatic rings. The number of nitrogens with one attached hydrogen (secondary N) is 1. The number of nitrogens with zero attached hydrogens (tertiary/aromatic N) is 3. The Labute approximate surface area is 157 Å². The van der Waals surface area contributed by atoms with Crippen LogP contribution in [0.4, 0.5) is 10.3 Å². The monoisotopic (exact) mass is 368 g/mol. The van der Waals surface area contributed by atoms with E-state index in [1.54, 1.807) is 6.07 Å². The van der Waals surface area contributed by atoms with Gasteiger partial charge in [0.05, 0.1) is 11.2 Å². The van der Waals surface area contributed by atoms with Crippen LogP contribution in [0.3, 0.4) is 0 Å². The second kappa shape index (κ2) is 6.32. The first kappa shape index (κ1) is 17.9. The van der Waals surface area contributed by atoms with Crippen molar-refractivity contribution in [3.05, 3.63) is 54.0 Å². The Bertz CT molecular complexity index is 973. The van der Waals surface area contributed by atoms with Gasteiger partial charge in [0.2, 0.25) is 5.95 Å². The molecule has 6 nitrogen and oxygen atoms in total. The average Bonchev–Trinajstić information content (AvgIpc) is 3.12. The summed E-state index contributed by atoms with van der Waals surface area (Å²) in [6.45, 7) is 8.20. The van der Waals surface area contributed by atoms with E-state index in [4.69, 9.17) is 9.31 Å². The van der Waals surface area contributed by atoms with Crippen LogP contribution < -0.4 is 10.8 Å². The van der Waals surface area contributed by atoms with Gasteiger partial charge in [0.25, 0.3) is 0 Å². The van der Waals surface area contributed by atoms with Crippen molar-refractivity contribution >= 4 is 24.2 Å². The fraction of sp³-hybridized carbons (Fsp3) is 0.368. The molecule has 8 heteroatoms. The van der Waals surface area contributed by atoms with Crippen LogP contribution in [0.25, 0.3) is 5.65 Å². The molecule has 1 fully saturated rings. The van der Waals surface area contributed by atoms with E-state index in [0.29, 0.717) is 23.5 Å². The van der Waals surface area contributed by atoms with Crippen molar-refractivity contribution in [2.24, 2.45) is 0 Å². The second-order valence-corrected chi connectivity index (χ2v) is 7.75. The number of hydrogen-bond donors (Lipinski definition) is 1. The summed E-state index contributed by atoms with van der Waals surface area (Å²) in [5.41, 5.74) is 1.02. The number of pyridine rings is 1. The van der Waals surface area contributed by atoms with Crippen LogP contribution in [0.5, 0.6) is 0 Å². The molecule has 0 saturated carbocycles. The minimum absolute atomic E-state index is 0.297. The third-order valence-corrected chi connectivity index (χ3v) is 5.35. The molecule has 0 atom stereocenters. The van der Waals surface area contributed by atoms with Gasteiger partial charge in [0.1, 0.15) is 5.82 Å². The molecule has 0 amide bonds. The Kier molecular flexibility index (Phi) is 4.20. The van der Waals surface area contributed by atoms with E-state index in [0.717, 1.165) is 5.65 Å². The summed E-state index contributed by atoms with van der Waals surface area (Å²) in [7, 11) is -0.577. The Morgan fingerprint density at radius 3 is 2.52 bits per heavy atom. The molecule has 140 valence electrons. The van der Waals surface area contributed by atoms with Crippen LogP contribution in [0.2, 0.25) is 0 Å². The van der Waals surface area contributed by atoms with E-state index in [-0.39, 0.29) is 5.82 Å². The predicted octanol–water partition coefficient (Wildman–Crippen LogP) is 2.78. The van der Waals surface area contributed by atoms with Crippen molar-refractivity contribution in [1.82, 2.24) is 14.6 Å². The van der Waals surface area contributed by atoms with E-state index in [9.17, 15) is 4.39 Å². The fourth-order valence-corrected chi connectivity index (χ4v) is 2.97. The lowest BCUT2D eigenvalue weighted by Crippen LogP contribution is -2.41. The molecule has 0 bridgehead atoms. The lowest BCUT2D eigenvalue weighted by atomic mass is 9.78. The molecule has 0 aliphatic carbocycles. The Morgan fingerprint density at radius 1 is 1.07 bits per heavy atom. The highest BCUT2D eigenvalue weighted by molar-refractivity contribution is 6.62. The van der Waals surface area contributed by atoms with Gasteiger partial charge < -0.3 is 14.6 Å². The Balaban J connectivity index is 1.49. The molecule has 1 saturated heterocycles. The number of benzene rings is 1. The van der Waals surface area contributed by atoms with Gasteiger partial charge in [0.15, 0.2) is 5.65 Å². The van der Waals surface area contributed by atoms with Gasteiger partial charge in [-0.1, -0.05) is 18.2 Å². The van der Waals surface area contributed by atoms with Crippen LogP contribution in [-0.4, -0.2) is 32.9 Å². The molecule has 3 aromatic rings. The quantitative estimate of drug-likeness (QED) is 0.718. The maximum absolute atomic E-state index is 14.6. The minimum Gasteiger partial charge on any atom is -0.399 e. The van der Waals surface area contributed by atoms with Crippen molar-refractivity contribution < 1.29 is 13.7 Å². The zero-order chi connectivity index (χ0) is 19.2. The highest BCUT2D eigenvalue weighted by atomic mass is 19.1. The lowest BCUT2D eigenvalue weighted by Gasteiger charge is -2.32. The van der Waals surface area contributed by atoms with Crippen molar-refractivity contribution in [2.75, 3.05) is 5.32 Å². The first-order chi connectivity index (χ1) is 12.8. The summed E-state index contributed by atoms with van der Waals surface area (Å²) in [6.07, 6.45) is 1.86. The Morgan fingerprint density at radius 2 is 1.81 bits per heavy atom. The summed E-state index contributed by atoms with van der Waals surface area (Å²) >= 11 is 0. The van der Waals surface area contributed by atoms with Gasteiger partial charge in [-0.2, -0.15) is 0 Å². The van der Waals surface area contributed by atoms with Crippen LogP contribution >= 0.6 is 0 Å². The van der Waals surface area contributed by atoms with Crippen molar-refractivity contribution in [3.63, 3.8) is 0 Å². The normalized spacial score (nSPS) is 18.2. The summed E-state index contributed by atoms with van der Waals surface area (Å²) in [6, 6.07) is 10.7. The van der Waals surface area contributed by atoms with Crippen molar-refractivity contribution in [1.29, 1.82) is 0 Å². The molecule has 27 heavy (non-hydrogen) atoms. The molecule has 1 N–H and O–H groups in total. The number of rotatable bonds is 4. The van der Waals surface area contributed by atoms with Crippen LogP contribution in [0.15, 0.2) is 42.6 Å². The summed E-state index contributed by atoms with van der Waals surface area (Å²) < 4.78 is 28.4. The fourth-order valence-electron chi connectivity index (χ4n) is 2.97. The van der Waals surface area contributed by atoms with E-state index in [1.807, 2.05) is 62.6 Å². The van der Waals surface area contributed by atoms with Crippen LogP contribution in [0.1, 0.15) is 33.3 Å². The molecule has 4 rings (SSSR count). The number of anilines is 1. The largest absolute Gasteiger partial charge is 0.494 e. The predicted molar refractivity (Wildman–Crippen MR) is 102 cm³/mol. The average molecular weight is 368 g/mol. The SMILES string of the molecule is CC1(C)OB(c2ccc(CNc3nnc4ccccn34)c(F)c2)OC1(C)C. The third kappa shape index (κ3) is 3.19. The second-order valence-electron chi connectivity index (χ2n) is 7.75. The zero-order valence-electron chi connectivity index (χ0n) is 15.9. The smallest absolute Gasteiger partial charge is 0.399 e. The zero-order valence-corrected chi connectivity index (χ0v) is 15.9. The molecule has 0 radical (unpaired) electrons. The topological polar surface area (TPSA) is 60.7 Å². The van der Waals surface area contributed by atoms with Crippen LogP contribution in [0, 0.1) is 5.82 Å². The van der Waals surface area contributed by atoms with E-state index >= 15 is 0 Å². The first-order valence-corrected chi connectivity index (χ1v) is 8.94. The lowest BCUT2D eigenvalue weighted by molar-refractivity contribution is 0.00578. The van der Waals surface area contributed by atoms with E-state index in [1.165, 1.54) is 6.07 Å². The number of halogens is 1. The maximum Gasteiger partial charge on any atom is 0.494 e. The maximum atomic E-state index is 14.6. The minimum atomic E-state index is -0.577. The molecule has 2 aromatic heterocycles. The molecule has 0 spiro atoms. The first-order valence-electron chi connectivity index (χ1n) is 8.94.